The van der Waals surface area contributed by atoms with Crippen LogP contribution in [0, 0.1) is 0 Å². The van der Waals surface area contributed by atoms with Gasteiger partial charge in [-0.2, -0.15) is 24.9 Å². The maximum absolute atomic E-state index is 6.19. The fourth-order valence-electron chi connectivity index (χ4n) is 18.3. The second kappa shape index (κ2) is 41.7. The van der Waals surface area contributed by atoms with E-state index in [1.807, 2.05) is 103 Å². The van der Waals surface area contributed by atoms with E-state index in [-0.39, 0.29) is 85.2 Å². The molecule has 25 rings (SSSR count). The van der Waals surface area contributed by atoms with Gasteiger partial charge in [0.2, 0.25) is 15.9 Å². The molecule has 0 atom stereocenters. The van der Waals surface area contributed by atoms with E-state index in [0.29, 0.717) is 34.9 Å². The molecule has 21 heteroatoms. The van der Waals surface area contributed by atoms with Gasteiger partial charge in [-0.1, -0.05) is 376 Å². The topological polar surface area (TPSA) is 163 Å². The van der Waals surface area contributed by atoms with Crippen LogP contribution in [0.1, 0.15) is 55.4 Å². The zero-order valence-corrected chi connectivity index (χ0v) is 85.6. The van der Waals surface area contributed by atoms with Gasteiger partial charge in [0, 0.05) is 99.0 Å². The summed E-state index contributed by atoms with van der Waals surface area (Å²) in [4.78, 5) is 39.7. The Bertz CT molecular complexity index is 8420. The third kappa shape index (κ3) is 20.3. The molecule has 0 N–H and O–H groups in total. The second-order valence-corrected chi connectivity index (χ2v) is 38.3. The Kier molecular flexibility index (Phi) is 28.0. The summed E-state index contributed by atoms with van der Waals surface area (Å²) in [5.41, 5.74) is 20.5. The first-order chi connectivity index (χ1) is 69.6. The summed E-state index contributed by atoms with van der Waals surface area (Å²) in [6, 6.07) is 151. The minimum Gasteiger partial charge on any atom is -0.399 e. The van der Waals surface area contributed by atoms with E-state index in [4.69, 9.17) is 68.4 Å². The van der Waals surface area contributed by atoms with Crippen LogP contribution >= 0.6 is 34.8 Å². The van der Waals surface area contributed by atoms with E-state index in [1.165, 1.54) is 98.2 Å². The van der Waals surface area contributed by atoms with Gasteiger partial charge in [0.25, 0.3) is 0 Å². The van der Waals surface area contributed by atoms with E-state index < -0.39 is 0 Å². The van der Waals surface area contributed by atoms with Crippen LogP contribution in [0.15, 0.2) is 437 Å². The average molecular weight is 2010 g/mol. The van der Waals surface area contributed by atoms with Crippen molar-refractivity contribution >= 4 is 136 Å². The second-order valence-electron chi connectivity index (χ2n) is 37.3. The molecule has 0 saturated carbocycles. The van der Waals surface area contributed by atoms with Crippen LogP contribution < -0.4 is 10.9 Å². The van der Waals surface area contributed by atoms with Crippen LogP contribution in [-0.2, 0) is 51.3 Å². The summed E-state index contributed by atoms with van der Waals surface area (Å²) in [7, 11) is -0.649. The maximum Gasteiger partial charge on any atom is 0.494 e. The Morgan fingerprint density at radius 1 is 0.194 bits per heavy atom. The Balaban J connectivity index is 0.000000115. The number of rotatable bonds is 13. The van der Waals surface area contributed by atoms with Gasteiger partial charge >= 0.3 is 14.2 Å². The first kappa shape index (κ1) is 96.8. The molecule has 144 heavy (non-hydrogen) atoms. The van der Waals surface area contributed by atoms with Crippen molar-refractivity contribution in [1.82, 2.24) is 54.0 Å². The summed E-state index contributed by atoms with van der Waals surface area (Å²) in [6.07, 6.45) is 0. The van der Waals surface area contributed by atoms with E-state index in [0.717, 1.165) is 66.8 Å². The van der Waals surface area contributed by atoms with Gasteiger partial charge in [-0.25, -0.2) is 19.9 Å². The molecule has 15 nitrogen and oxygen atoms in total. The van der Waals surface area contributed by atoms with Gasteiger partial charge in [-0.05, 0) is 227 Å². The van der Waals surface area contributed by atoms with Crippen LogP contribution in [0.3, 0.4) is 0 Å². The number of hydrogen-bond acceptors (Lipinski definition) is 13. The molecule has 0 bridgehead atoms. The molecule has 2 aliphatic heterocycles. The number of aromatic nitrogens is 11. The van der Waals surface area contributed by atoms with E-state index in [1.54, 1.807) is 0 Å². The van der Waals surface area contributed by atoms with Gasteiger partial charge < -0.3 is 27.8 Å². The number of halogens is 3. The van der Waals surface area contributed by atoms with Crippen LogP contribution in [-0.4, -0.2) is 90.6 Å². The fourth-order valence-corrected chi connectivity index (χ4v) is 18.9. The molecule has 0 amide bonds. The molecule has 0 unspecified atom stereocenters. The molecule has 0 spiro atoms. The maximum atomic E-state index is 6.19. The zero-order chi connectivity index (χ0) is 97.9. The molecule has 18 aromatic carbocycles. The SMILES string of the molecule is CC1(C)OB(c2ccc(-c3cccc4ccccc34)cc2)OC1(C)C.CC1(C)OB(c2ccc(-n3c4ccccc4c4ccccc43)cc2)OC1(C)C.Clc1nc(-c2ccccc2)nc(-c2ccc(-c3cccc4ccccc34)cc2)n1.Clc1nc(Cl)nc(-c2ccccc2)n1.[Y].c1ccc(-c2nc(-c3ccc(-c4cccc5ccccc45)cc3)nc(-c3ccc(-n4c5ccccc5c5ccccc54)cc3)n2)cc1. The van der Waals surface area contributed by atoms with Gasteiger partial charge in [0.05, 0.1) is 44.5 Å². The Hall–Kier alpha value is -14.7. The molecule has 5 aromatic heterocycles. The summed E-state index contributed by atoms with van der Waals surface area (Å²) >= 11 is 17.5. The summed E-state index contributed by atoms with van der Waals surface area (Å²) in [6.45, 7) is 16.7. The predicted molar refractivity (Wildman–Crippen MR) is 589 cm³/mol. The molecule has 697 valence electrons. The summed E-state index contributed by atoms with van der Waals surface area (Å²) in [5.74, 6) is 3.54. The molecule has 2 fully saturated rings. The van der Waals surface area contributed by atoms with Crippen molar-refractivity contribution in [2.75, 3.05) is 0 Å². The van der Waals surface area contributed by atoms with Crippen LogP contribution in [0.25, 0.3) is 189 Å². The minimum absolute atomic E-state index is 0. The average Bonchev–Trinajstić information content (AvgIpc) is 1.58. The number of nitrogens with zero attached hydrogens (tertiary/aromatic N) is 11. The normalized spacial score (nSPS) is 13.7. The Morgan fingerprint density at radius 2 is 0.396 bits per heavy atom. The van der Waals surface area contributed by atoms with Crippen LogP contribution in [0.2, 0.25) is 15.9 Å². The van der Waals surface area contributed by atoms with Crippen molar-refractivity contribution in [1.29, 1.82) is 0 Å². The van der Waals surface area contributed by atoms with Crippen molar-refractivity contribution in [3.8, 4) is 113 Å². The molecule has 7 heterocycles. The molecular weight excluding hydrogens is 1910 g/mol. The number of fused-ring (bicyclic) bond motifs is 9. The van der Waals surface area contributed by atoms with Crippen LogP contribution in [0.4, 0.5) is 0 Å². The first-order valence-electron chi connectivity index (χ1n) is 47.6. The molecule has 0 aliphatic carbocycles. The monoisotopic (exact) mass is 2010 g/mol. The predicted octanol–water partition coefficient (Wildman–Crippen LogP) is 30.2. The smallest absolute Gasteiger partial charge is 0.399 e. The standard InChI is InChI=1S/C43H28N4.C25H16ClN3.C24H24BNO2.C22H23BO2.C9H5Cl2N3.Y/c1-2-12-31(13-3-1)41-44-42(32-23-21-30(22-24-32)36-18-10-14-29-11-4-5-15-35(29)36)46-43(45-41)33-25-27-34(28-26-33)47-39-19-8-6-16-37(39)38-17-7-9-20-40(38)47;26-25-28-23(19-8-2-1-3-9-19)27-24(29-25)20-15-13-18(14-16-20)22-12-6-10-17-7-4-5-11-21(17)22;1-23(2)24(3,4)28-25(27-23)17-13-15-18(16-14-17)26-21-11-7-5-9-19(21)20-10-6-8-12-22(20)26;1-21(2)22(3,4)25-23(24-21)18-14-12-17(13-15-18)20-11-7-9-16-8-5-6-10-19(16)20;10-8-12-7(13-9(11)14-8)6-4-2-1-3-5-6;/h1-28H;1-16H;5-16H,1-4H3;5-15H,1-4H3;1-5H;. The quantitative estimate of drug-likeness (QED) is 0.100. The first-order valence-corrected chi connectivity index (χ1v) is 48.8. The van der Waals surface area contributed by atoms with Crippen molar-refractivity contribution in [2.24, 2.45) is 0 Å². The zero-order valence-electron chi connectivity index (χ0n) is 80.5. The van der Waals surface area contributed by atoms with Gasteiger partial charge in [0.15, 0.2) is 34.9 Å². The van der Waals surface area contributed by atoms with E-state index >= 15 is 0 Å². The van der Waals surface area contributed by atoms with Crippen LogP contribution in [0.5, 0.6) is 0 Å². The molecular formula is C123H96B2Cl3N11O4Y. The van der Waals surface area contributed by atoms with Crippen molar-refractivity contribution in [3.63, 3.8) is 0 Å². The van der Waals surface area contributed by atoms with Crippen molar-refractivity contribution in [3.05, 3.63) is 453 Å². The minimum atomic E-state index is -0.336. The van der Waals surface area contributed by atoms with Crippen molar-refractivity contribution < 1.29 is 51.3 Å². The van der Waals surface area contributed by atoms with E-state index in [9.17, 15) is 0 Å². The van der Waals surface area contributed by atoms with Gasteiger partial charge in [0.1, 0.15) is 0 Å². The third-order valence-electron chi connectivity index (χ3n) is 27.2. The fraction of sp³-hybridized carbons (Fsp3) is 0.0976. The third-order valence-corrected chi connectivity index (χ3v) is 27.7. The molecule has 1 radical (unpaired) electrons. The molecule has 2 aliphatic rings. The van der Waals surface area contributed by atoms with E-state index in [2.05, 4.69) is 428 Å². The Morgan fingerprint density at radius 3 is 0.694 bits per heavy atom. The van der Waals surface area contributed by atoms with Gasteiger partial charge in [-0.15, -0.1) is 0 Å². The number of hydrogen-bond donors (Lipinski definition) is 0. The molecule has 2 saturated heterocycles. The number of para-hydroxylation sites is 4. The largest absolute Gasteiger partial charge is 0.494 e. The summed E-state index contributed by atoms with van der Waals surface area (Å²) < 4.78 is 29.3. The molecule has 23 aromatic rings. The number of benzene rings is 18. The summed E-state index contributed by atoms with van der Waals surface area (Å²) in [5, 5.41) is 12.9. The Labute approximate surface area is 877 Å². The van der Waals surface area contributed by atoms with Crippen molar-refractivity contribution in [2.45, 2.75) is 77.8 Å². The van der Waals surface area contributed by atoms with Gasteiger partial charge in [-0.3, -0.25) is 0 Å².